The van der Waals surface area contributed by atoms with Gasteiger partial charge in [-0.1, -0.05) is 11.8 Å². The summed E-state index contributed by atoms with van der Waals surface area (Å²) in [6, 6.07) is 3.04. The lowest BCUT2D eigenvalue weighted by atomic mass is 9.97. The molecule has 0 bridgehead atoms. The lowest BCUT2D eigenvalue weighted by molar-refractivity contribution is -0.194. The molecular formula is C22H21FN6O4S. The first-order valence-electron chi connectivity index (χ1n) is 11.0. The molecule has 3 aliphatic heterocycles. The fraction of sp³-hybridized carbons (Fsp3) is 0.409. The van der Waals surface area contributed by atoms with E-state index in [1.165, 1.54) is 24.0 Å². The summed E-state index contributed by atoms with van der Waals surface area (Å²) in [7, 11) is 0. The number of fused-ring (bicyclic) bond motifs is 1. The van der Waals surface area contributed by atoms with Crippen LogP contribution >= 0.6 is 11.8 Å². The highest BCUT2D eigenvalue weighted by Gasteiger charge is 2.33. The number of carbonyl (C=O) groups excluding carboxylic acids is 1. The zero-order chi connectivity index (χ0) is 23.2. The Bertz CT molecular complexity index is 1340. The Morgan fingerprint density at radius 3 is 2.91 bits per heavy atom. The fourth-order valence-corrected chi connectivity index (χ4v) is 5.31. The number of rotatable bonds is 5. The van der Waals surface area contributed by atoms with Gasteiger partial charge in [-0.25, -0.2) is 14.4 Å². The largest absolute Gasteiger partial charge is 0.351 e. The van der Waals surface area contributed by atoms with E-state index in [4.69, 9.17) is 9.47 Å². The van der Waals surface area contributed by atoms with Crippen molar-refractivity contribution in [1.29, 1.82) is 0 Å². The Hall–Kier alpha value is -2.93. The van der Waals surface area contributed by atoms with Gasteiger partial charge in [-0.05, 0) is 6.07 Å². The van der Waals surface area contributed by atoms with Gasteiger partial charge in [0, 0.05) is 37.1 Å². The molecule has 6 rings (SSSR count). The average Bonchev–Trinajstić information content (AvgIpc) is 3.23. The second kappa shape index (κ2) is 8.69. The predicted molar refractivity (Wildman–Crippen MR) is 121 cm³/mol. The van der Waals surface area contributed by atoms with E-state index in [0.29, 0.717) is 66.6 Å². The van der Waals surface area contributed by atoms with Gasteiger partial charge in [-0.15, -0.1) is 0 Å². The monoisotopic (exact) mass is 484 g/mol. The van der Waals surface area contributed by atoms with E-state index in [0.717, 1.165) is 5.03 Å². The molecule has 6 heterocycles. The van der Waals surface area contributed by atoms with E-state index in [-0.39, 0.29) is 23.4 Å². The van der Waals surface area contributed by atoms with Crippen molar-refractivity contribution in [3.05, 3.63) is 52.0 Å². The van der Waals surface area contributed by atoms with Gasteiger partial charge in [0.2, 0.25) is 5.91 Å². The van der Waals surface area contributed by atoms with E-state index >= 15 is 0 Å². The maximum Gasteiger partial charge on any atom is 0.251 e. The van der Waals surface area contributed by atoms with Crippen LogP contribution in [0.15, 0.2) is 34.3 Å². The minimum absolute atomic E-state index is 0.0502. The summed E-state index contributed by atoms with van der Waals surface area (Å²) in [4.78, 5) is 36.8. The van der Waals surface area contributed by atoms with Crippen molar-refractivity contribution in [2.75, 3.05) is 24.3 Å². The lowest BCUT2D eigenvalue weighted by Gasteiger charge is -2.31. The van der Waals surface area contributed by atoms with Crippen LogP contribution in [0.4, 0.5) is 10.2 Å². The standard InChI is InChI=1S/C22H21FN6O4S/c23-14-6-25-15-1-2-17(31)29-7-11(19(14)20(15)29)3-18-32-8-13(9-33-18)24-4-12-5-26-22-21(27-12)28-16(30)10-34-22/h1-2,5-6,11,13,18,24H,3-4,7-10H2,(H,27,28,30). The molecule has 1 atom stereocenters. The molecule has 1 unspecified atom stereocenters. The van der Waals surface area contributed by atoms with Crippen molar-refractivity contribution < 1.29 is 18.7 Å². The molecule has 2 N–H and O–H groups in total. The predicted octanol–water partition coefficient (Wildman–Crippen LogP) is 1.39. The maximum atomic E-state index is 14.6. The number of nitrogens with one attached hydrogen (secondary N) is 2. The molecule has 0 aromatic carbocycles. The van der Waals surface area contributed by atoms with E-state index in [1.807, 2.05) is 0 Å². The van der Waals surface area contributed by atoms with Crippen LogP contribution in [-0.2, 0) is 27.4 Å². The molecule has 0 spiro atoms. The Morgan fingerprint density at radius 2 is 2.06 bits per heavy atom. The molecule has 176 valence electrons. The molecule has 10 nitrogen and oxygen atoms in total. The maximum absolute atomic E-state index is 14.6. The lowest BCUT2D eigenvalue weighted by Crippen LogP contribution is -2.44. The first kappa shape index (κ1) is 21.6. The SMILES string of the molecule is O=C1CSc2ncc(CNC3COC(CC4Cn5c(=O)ccc6ncc(F)c4c65)OC3)nc2N1. The minimum atomic E-state index is -0.494. The molecule has 0 aliphatic carbocycles. The summed E-state index contributed by atoms with van der Waals surface area (Å²) >= 11 is 1.37. The van der Waals surface area contributed by atoms with Crippen LogP contribution in [0.2, 0.25) is 0 Å². The van der Waals surface area contributed by atoms with Crippen molar-refractivity contribution in [2.45, 2.75) is 42.8 Å². The minimum Gasteiger partial charge on any atom is -0.351 e. The van der Waals surface area contributed by atoms with Crippen LogP contribution < -0.4 is 16.2 Å². The molecule has 0 radical (unpaired) electrons. The molecule has 3 aromatic rings. The smallest absolute Gasteiger partial charge is 0.251 e. The van der Waals surface area contributed by atoms with Crippen LogP contribution in [0.5, 0.6) is 0 Å². The number of halogens is 1. The van der Waals surface area contributed by atoms with Crippen LogP contribution in [0.3, 0.4) is 0 Å². The van der Waals surface area contributed by atoms with Crippen molar-refractivity contribution >= 4 is 34.5 Å². The molecule has 1 amide bonds. The summed E-state index contributed by atoms with van der Waals surface area (Å²) in [5, 5.41) is 6.79. The van der Waals surface area contributed by atoms with Gasteiger partial charge in [0.1, 0.15) is 10.8 Å². The number of carbonyl (C=O) groups is 1. The van der Waals surface area contributed by atoms with Gasteiger partial charge < -0.3 is 24.7 Å². The van der Waals surface area contributed by atoms with Gasteiger partial charge >= 0.3 is 0 Å². The van der Waals surface area contributed by atoms with E-state index in [9.17, 15) is 14.0 Å². The normalized spacial score (nSPS) is 23.7. The van der Waals surface area contributed by atoms with E-state index < -0.39 is 12.1 Å². The number of aromatic nitrogens is 4. The summed E-state index contributed by atoms with van der Waals surface area (Å²) in [6.45, 7) is 1.67. The molecule has 1 saturated heterocycles. The van der Waals surface area contributed by atoms with Crippen LogP contribution in [-0.4, -0.2) is 56.7 Å². The number of nitrogens with zero attached hydrogens (tertiary/aromatic N) is 4. The summed E-state index contributed by atoms with van der Waals surface area (Å²) < 4.78 is 28.0. The zero-order valence-corrected chi connectivity index (χ0v) is 18.8. The summed E-state index contributed by atoms with van der Waals surface area (Å²) in [5.74, 6) is 0.115. The molecule has 3 aliphatic rings. The Balaban J connectivity index is 1.06. The molecule has 12 heteroatoms. The molecular weight excluding hydrogens is 463 g/mol. The van der Waals surface area contributed by atoms with Gasteiger partial charge in [-0.3, -0.25) is 14.6 Å². The van der Waals surface area contributed by atoms with Crippen LogP contribution in [0.1, 0.15) is 23.6 Å². The van der Waals surface area contributed by atoms with Crippen molar-refractivity contribution in [2.24, 2.45) is 0 Å². The molecule has 34 heavy (non-hydrogen) atoms. The molecule has 1 fully saturated rings. The highest BCUT2D eigenvalue weighted by Crippen LogP contribution is 2.37. The molecule has 3 aromatic heterocycles. The second-order valence-electron chi connectivity index (χ2n) is 8.49. The highest BCUT2D eigenvalue weighted by molar-refractivity contribution is 8.00. The zero-order valence-electron chi connectivity index (χ0n) is 18.0. The first-order chi connectivity index (χ1) is 16.5. The van der Waals surface area contributed by atoms with E-state index in [2.05, 4.69) is 25.6 Å². The summed E-state index contributed by atoms with van der Waals surface area (Å²) in [5.41, 5.74) is 2.22. The Labute approximate surface area is 197 Å². The average molecular weight is 485 g/mol. The van der Waals surface area contributed by atoms with Gasteiger partial charge in [0.25, 0.3) is 5.56 Å². The Kier molecular flexibility index (Phi) is 5.52. The van der Waals surface area contributed by atoms with Gasteiger partial charge in [0.05, 0.1) is 54.1 Å². The van der Waals surface area contributed by atoms with Crippen molar-refractivity contribution in [3.63, 3.8) is 0 Å². The second-order valence-corrected chi connectivity index (χ2v) is 9.46. The highest BCUT2D eigenvalue weighted by atomic mass is 32.2. The quantitative estimate of drug-likeness (QED) is 0.553. The fourth-order valence-electron chi connectivity index (χ4n) is 4.60. The van der Waals surface area contributed by atoms with Crippen molar-refractivity contribution in [1.82, 2.24) is 24.8 Å². The number of thioether (sulfide) groups is 1. The number of ether oxygens (including phenoxy) is 2. The third-order valence-electron chi connectivity index (χ3n) is 6.21. The van der Waals surface area contributed by atoms with Gasteiger partial charge in [0.15, 0.2) is 12.1 Å². The number of hydrogen-bond donors (Lipinski definition) is 2. The number of anilines is 1. The molecule has 0 saturated carbocycles. The van der Waals surface area contributed by atoms with Crippen LogP contribution in [0.25, 0.3) is 11.0 Å². The topological polar surface area (TPSA) is 120 Å². The number of hydrogen-bond acceptors (Lipinski definition) is 9. The first-order valence-corrected chi connectivity index (χ1v) is 12.0. The number of pyridine rings is 2. The Morgan fingerprint density at radius 1 is 1.21 bits per heavy atom. The van der Waals surface area contributed by atoms with Gasteiger partial charge in [-0.2, -0.15) is 0 Å². The third-order valence-corrected chi connectivity index (χ3v) is 7.18. The van der Waals surface area contributed by atoms with E-state index in [1.54, 1.807) is 16.8 Å². The summed E-state index contributed by atoms with van der Waals surface area (Å²) in [6.07, 6.45) is 2.85. The van der Waals surface area contributed by atoms with Crippen LogP contribution in [0, 0.1) is 5.82 Å². The number of amides is 1. The third kappa shape index (κ3) is 3.96. The van der Waals surface area contributed by atoms with Crippen molar-refractivity contribution in [3.8, 4) is 0 Å².